The zero-order valence-electron chi connectivity index (χ0n) is 19.0. The molecule has 0 saturated carbocycles. The quantitative estimate of drug-likeness (QED) is 0.407. The summed E-state index contributed by atoms with van der Waals surface area (Å²) in [7, 11) is 2.13. The lowest BCUT2D eigenvalue weighted by Gasteiger charge is -2.34. The Morgan fingerprint density at radius 2 is 1.85 bits per heavy atom. The summed E-state index contributed by atoms with van der Waals surface area (Å²) in [5.41, 5.74) is 2.17. The van der Waals surface area contributed by atoms with Crippen molar-refractivity contribution < 1.29 is 4.52 Å². The zero-order chi connectivity index (χ0) is 21.7. The summed E-state index contributed by atoms with van der Waals surface area (Å²) in [4.78, 5) is 27.0. The summed E-state index contributed by atoms with van der Waals surface area (Å²) >= 11 is 1.68. The van der Waals surface area contributed by atoms with E-state index >= 15 is 0 Å². The summed E-state index contributed by atoms with van der Waals surface area (Å²) in [5.74, 6) is 0.930. The van der Waals surface area contributed by atoms with Crippen molar-refractivity contribution in [2.75, 3.05) is 51.2 Å². The molecule has 8 nitrogen and oxygen atoms in total. The molecule has 6 rings (SSSR count). The predicted octanol–water partition coefficient (Wildman–Crippen LogP) is 3.25. The largest absolute Gasteiger partial charge is 0.354 e. The van der Waals surface area contributed by atoms with E-state index in [1.165, 1.54) is 10.4 Å². The maximum Gasteiger partial charge on any atom is 0.262 e. The zero-order valence-corrected chi connectivity index (χ0v) is 21.4. The average Bonchev–Trinajstić information content (AvgIpc) is 3.40. The van der Waals surface area contributed by atoms with Gasteiger partial charge >= 0.3 is 0 Å². The van der Waals surface area contributed by atoms with Crippen LogP contribution >= 0.6 is 36.2 Å². The first-order valence-electron chi connectivity index (χ1n) is 11.2. The van der Waals surface area contributed by atoms with Gasteiger partial charge in [-0.3, -0.25) is 14.3 Å². The SMILES string of the molecule is CN1CCc2c(sc3ncn(CCN4CCN(c5noc6ccccc56)CC4)c(=O)c23)C1.Cl.Cl. The maximum absolute atomic E-state index is 13.2. The van der Waals surface area contributed by atoms with E-state index in [1.807, 2.05) is 18.2 Å². The topological polar surface area (TPSA) is 70.6 Å². The number of anilines is 1. The molecule has 2 aliphatic heterocycles. The molecule has 182 valence electrons. The highest BCUT2D eigenvalue weighted by molar-refractivity contribution is 7.18. The summed E-state index contributed by atoms with van der Waals surface area (Å²) in [6.45, 7) is 7.09. The molecule has 0 amide bonds. The number of benzene rings is 1. The van der Waals surface area contributed by atoms with Crippen LogP contribution in [0.2, 0.25) is 0 Å². The molecule has 34 heavy (non-hydrogen) atoms. The lowest BCUT2D eigenvalue weighted by Crippen LogP contribution is -2.47. The smallest absolute Gasteiger partial charge is 0.262 e. The van der Waals surface area contributed by atoms with Gasteiger partial charge in [-0.25, -0.2) is 4.98 Å². The monoisotopic (exact) mass is 522 g/mol. The molecule has 0 spiro atoms. The lowest BCUT2D eigenvalue weighted by molar-refractivity contribution is 0.246. The third-order valence-electron chi connectivity index (χ3n) is 6.71. The van der Waals surface area contributed by atoms with E-state index in [4.69, 9.17) is 4.52 Å². The maximum atomic E-state index is 13.2. The number of hydrogen-bond acceptors (Lipinski definition) is 8. The third kappa shape index (κ3) is 4.43. The summed E-state index contributed by atoms with van der Waals surface area (Å²) < 4.78 is 7.27. The number of rotatable bonds is 4. The van der Waals surface area contributed by atoms with E-state index in [-0.39, 0.29) is 30.4 Å². The second-order valence-corrected chi connectivity index (χ2v) is 9.83. The second-order valence-electron chi connectivity index (χ2n) is 8.75. The molecule has 11 heteroatoms. The van der Waals surface area contributed by atoms with Gasteiger partial charge in [-0.05, 0) is 31.2 Å². The summed E-state index contributed by atoms with van der Waals surface area (Å²) in [6.07, 6.45) is 2.67. The number of halogens is 2. The van der Waals surface area contributed by atoms with Crippen molar-refractivity contribution in [1.82, 2.24) is 24.5 Å². The number of likely N-dealkylation sites (N-methyl/N-ethyl adjacent to an activating group) is 1. The van der Waals surface area contributed by atoms with E-state index in [9.17, 15) is 4.79 Å². The Kier molecular flexibility index (Phi) is 7.49. The second kappa shape index (κ2) is 10.2. The van der Waals surface area contributed by atoms with Gasteiger partial charge < -0.3 is 14.3 Å². The van der Waals surface area contributed by atoms with Crippen molar-refractivity contribution in [3.8, 4) is 0 Å². The minimum absolute atomic E-state index is 0. The van der Waals surface area contributed by atoms with Gasteiger partial charge in [0.15, 0.2) is 11.4 Å². The predicted molar refractivity (Wildman–Crippen MR) is 141 cm³/mol. The highest BCUT2D eigenvalue weighted by Crippen LogP contribution is 2.31. The molecule has 3 aromatic heterocycles. The van der Waals surface area contributed by atoms with E-state index in [1.54, 1.807) is 22.2 Å². The van der Waals surface area contributed by atoms with E-state index in [0.29, 0.717) is 6.54 Å². The van der Waals surface area contributed by atoms with Crippen LogP contribution in [0.4, 0.5) is 5.82 Å². The fraction of sp³-hybridized carbons (Fsp3) is 0.435. The number of hydrogen-bond donors (Lipinski definition) is 0. The van der Waals surface area contributed by atoms with Gasteiger partial charge in [0.25, 0.3) is 5.56 Å². The molecule has 1 saturated heterocycles. The Labute approximate surface area is 213 Å². The Morgan fingerprint density at radius 3 is 2.68 bits per heavy atom. The van der Waals surface area contributed by atoms with Crippen LogP contribution in [-0.4, -0.2) is 70.8 Å². The molecule has 0 unspecified atom stereocenters. The van der Waals surface area contributed by atoms with Gasteiger partial charge in [-0.1, -0.05) is 17.3 Å². The molecular weight excluding hydrogens is 495 g/mol. The molecule has 0 aliphatic carbocycles. The minimum Gasteiger partial charge on any atom is -0.354 e. The number of nitrogens with zero attached hydrogens (tertiary/aromatic N) is 6. The Bertz CT molecular complexity index is 1340. The van der Waals surface area contributed by atoms with Gasteiger partial charge in [0.1, 0.15) is 4.83 Å². The van der Waals surface area contributed by atoms with Gasteiger partial charge in [0.2, 0.25) is 0 Å². The van der Waals surface area contributed by atoms with E-state index in [2.05, 4.69) is 38.0 Å². The van der Waals surface area contributed by atoms with Crippen molar-refractivity contribution in [3.63, 3.8) is 0 Å². The van der Waals surface area contributed by atoms with Crippen LogP contribution in [0.15, 0.2) is 39.9 Å². The summed E-state index contributed by atoms with van der Waals surface area (Å²) in [6, 6.07) is 8.00. The van der Waals surface area contributed by atoms with Crippen LogP contribution in [0.25, 0.3) is 21.2 Å². The van der Waals surface area contributed by atoms with Crippen molar-refractivity contribution >= 4 is 63.2 Å². The normalized spacial score (nSPS) is 16.9. The van der Waals surface area contributed by atoms with Crippen LogP contribution in [0, 0.1) is 0 Å². The van der Waals surface area contributed by atoms with Crippen molar-refractivity contribution in [1.29, 1.82) is 0 Å². The molecule has 0 bridgehead atoms. The fourth-order valence-electron chi connectivity index (χ4n) is 4.84. The molecule has 2 aliphatic rings. The first kappa shape index (κ1) is 24.9. The molecule has 0 N–H and O–H groups in total. The first-order valence-corrected chi connectivity index (χ1v) is 12.0. The number of para-hydroxylation sites is 1. The highest BCUT2D eigenvalue weighted by atomic mass is 35.5. The van der Waals surface area contributed by atoms with Gasteiger partial charge in [-0.2, -0.15) is 0 Å². The summed E-state index contributed by atoms with van der Waals surface area (Å²) in [5, 5.41) is 6.21. The highest BCUT2D eigenvalue weighted by Gasteiger charge is 2.24. The molecule has 1 fully saturated rings. The minimum atomic E-state index is 0. The van der Waals surface area contributed by atoms with Crippen molar-refractivity contribution in [2.24, 2.45) is 0 Å². The molecule has 0 radical (unpaired) electrons. The van der Waals surface area contributed by atoms with Crippen LogP contribution in [-0.2, 0) is 19.5 Å². The Hall–Kier alpha value is -2.17. The van der Waals surface area contributed by atoms with Crippen LogP contribution in [0.1, 0.15) is 10.4 Å². The van der Waals surface area contributed by atoms with Crippen molar-refractivity contribution in [3.05, 3.63) is 51.4 Å². The molecule has 1 aromatic carbocycles. The number of aromatic nitrogens is 3. The van der Waals surface area contributed by atoms with E-state index < -0.39 is 0 Å². The lowest BCUT2D eigenvalue weighted by atomic mass is 10.1. The Morgan fingerprint density at radius 1 is 1.06 bits per heavy atom. The number of piperazine rings is 1. The van der Waals surface area contributed by atoms with Crippen LogP contribution in [0.5, 0.6) is 0 Å². The van der Waals surface area contributed by atoms with Gasteiger partial charge in [0, 0.05) is 57.2 Å². The van der Waals surface area contributed by atoms with Crippen LogP contribution < -0.4 is 10.5 Å². The van der Waals surface area contributed by atoms with E-state index in [0.717, 1.165) is 79.2 Å². The first-order chi connectivity index (χ1) is 15.7. The number of fused-ring (bicyclic) bond motifs is 4. The fourth-order valence-corrected chi connectivity index (χ4v) is 6.10. The molecule has 0 atom stereocenters. The number of thiophene rings is 1. The molecule has 5 heterocycles. The molecule has 4 aromatic rings. The molecular formula is C23H28Cl2N6O2S. The average molecular weight is 523 g/mol. The van der Waals surface area contributed by atoms with Crippen LogP contribution in [0.3, 0.4) is 0 Å². The standard InChI is InChI=1S/C23H26N6O2S.2ClH/c1-26-7-6-17-19(14-26)32-22-20(17)23(30)29(15-24-22)13-10-27-8-11-28(12-9-27)21-16-4-2-3-5-18(16)31-25-21;;/h2-5,15H,6-14H2,1H3;2*1H. The van der Waals surface area contributed by atoms with Gasteiger partial charge in [0.05, 0.1) is 17.1 Å². The Balaban J connectivity index is 0.00000137. The van der Waals surface area contributed by atoms with Crippen molar-refractivity contribution in [2.45, 2.75) is 19.5 Å². The third-order valence-corrected chi connectivity index (χ3v) is 7.83. The van der Waals surface area contributed by atoms with Gasteiger partial charge in [-0.15, -0.1) is 36.2 Å².